The van der Waals surface area contributed by atoms with Gasteiger partial charge in [0.15, 0.2) is 0 Å². The van der Waals surface area contributed by atoms with E-state index in [1.165, 1.54) is 6.08 Å². The van der Waals surface area contributed by atoms with Crippen molar-refractivity contribution >= 4 is 23.2 Å². The number of pyridine rings is 2. The summed E-state index contributed by atoms with van der Waals surface area (Å²) in [5, 5.41) is 10.9. The number of nitrogens with two attached hydrogens (primary N) is 2. The number of amides is 1. The van der Waals surface area contributed by atoms with Crippen molar-refractivity contribution in [3.05, 3.63) is 96.3 Å². The highest BCUT2D eigenvalue weighted by Gasteiger charge is 2.19. The molecule has 0 atom stereocenters. The van der Waals surface area contributed by atoms with E-state index in [-0.39, 0.29) is 11.7 Å². The van der Waals surface area contributed by atoms with Crippen molar-refractivity contribution in [2.45, 2.75) is 13.5 Å². The van der Waals surface area contributed by atoms with Crippen LogP contribution >= 0.6 is 0 Å². The van der Waals surface area contributed by atoms with Crippen molar-refractivity contribution in [1.82, 2.24) is 9.97 Å². The van der Waals surface area contributed by atoms with Gasteiger partial charge in [-0.1, -0.05) is 30.8 Å². The molecule has 192 valence electrons. The maximum Gasteiger partial charge on any atom is 0.248 e. The van der Waals surface area contributed by atoms with Crippen molar-refractivity contribution in [3.63, 3.8) is 0 Å². The van der Waals surface area contributed by atoms with Gasteiger partial charge in [0, 0.05) is 41.8 Å². The number of nitrogens with one attached hydrogen (secondary N) is 2. The fraction of sp³-hybridized carbons (Fsp3) is 0.103. The van der Waals surface area contributed by atoms with Crippen LogP contribution in [0.4, 0.5) is 11.5 Å². The summed E-state index contributed by atoms with van der Waals surface area (Å²) < 4.78 is 11.1. The van der Waals surface area contributed by atoms with Crippen LogP contribution in [0.15, 0.2) is 79.5 Å². The van der Waals surface area contributed by atoms with Gasteiger partial charge >= 0.3 is 0 Å². The maximum absolute atomic E-state index is 11.7. The molecule has 0 aliphatic rings. The molecule has 2 heterocycles. The van der Waals surface area contributed by atoms with Crippen LogP contribution in [0.1, 0.15) is 16.8 Å². The second-order valence-corrected chi connectivity index (χ2v) is 8.47. The van der Waals surface area contributed by atoms with Crippen LogP contribution in [0, 0.1) is 12.3 Å². The number of amidine groups is 1. The molecule has 0 aliphatic carbocycles. The molecule has 0 radical (unpaired) electrons. The van der Waals surface area contributed by atoms with Crippen molar-refractivity contribution in [1.29, 1.82) is 5.41 Å². The molecule has 9 heteroatoms. The van der Waals surface area contributed by atoms with Crippen LogP contribution in [0.5, 0.6) is 11.6 Å². The van der Waals surface area contributed by atoms with E-state index in [0.717, 1.165) is 27.9 Å². The molecule has 0 bridgehead atoms. The van der Waals surface area contributed by atoms with E-state index >= 15 is 0 Å². The lowest BCUT2D eigenvalue weighted by molar-refractivity contribution is -0.111. The van der Waals surface area contributed by atoms with E-state index in [1.54, 1.807) is 31.5 Å². The molecule has 4 aromatic rings. The van der Waals surface area contributed by atoms with Crippen LogP contribution in [0.3, 0.4) is 0 Å². The van der Waals surface area contributed by atoms with Crippen molar-refractivity contribution < 1.29 is 14.3 Å². The van der Waals surface area contributed by atoms with Gasteiger partial charge in [0.05, 0.1) is 12.3 Å². The number of hydrogen-bond donors (Lipinski definition) is 4. The molecule has 0 saturated heterocycles. The minimum absolute atomic E-state index is 0.153. The van der Waals surface area contributed by atoms with Crippen molar-refractivity contribution in [2.24, 2.45) is 5.73 Å². The summed E-state index contributed by atoms with van der Waals surface area (Å²) in [6.07, 6.45) is 2.85. The number of carbonyl (C=O) groups excluding carboxylic acids is 1. The van der Waals surface area contributed by atoms with E-state index in [0.29, 0.717) is 40.9 Å². The van der Waals surface area contributed by atoms with Gasteiger partial charge in [0.25, 0.3) is 0 Å². The summed E-state index contributed by atoms with van der Waals surface area (Å²) in [5.74, 6) is 0.945. The number of aryl methyl sites for hydroxylation is 1. The fourth-order valence-corrected chi connectivity index (χ4v) is 4.07. The molecule has 0 spiro atoms. The van der Waals surface area contributed by atoms with Gasteiger partial charge in [0.2, 0.25) is 11.8 Å². The number of aromatic nitrogens is 2. The van der Waals surface area contributed by atoms with Gasteiger partial charge in [-0.05, 0) is 60.0 Å². The summed E-state index contributed by atoms with van der Waals surface area (Å²) in [7, 11) is 1.61. The Kier molecular flexibility index (Phi) is 7.79. The molecule has 2 aromatic carbocycles. The quantitative estimate of drug-likeness (QED) is 0.107. The van der Waals surface area contributed by atoms with Gasteiger partial charge in [-0.2, -0.15) is 0 Å². The highest BCUT2D eigenvalue weighted by Crippen LogP contribution is 2.39. The standard InChI is InChI=1S/C29H28N6O3/c1-4-25(36)35-24-14-17(2)22(15-33-24)21-12-13-23(30)28(29(31)32)27(21)18-8-10-20(11-9-18)38-26-7-5-6-19(34-26)16-37-3/h4-15H,1,16,30H2,2-3H3,(H3,31,32)(H,33,35,36). The summed E-state index contributed by atoms with van der Waals surface area (Å²) in [4.78, 5) is 20.5. The largest absolute Gasteiger partial charge is 0.439 e. The van der Waals surface area contributed by atoms with Gasteiger partial charge in [-0.3, -0.25) is 10.2 Å². The van der Waals surface area contributed by atoms with Crippen LogP contribution in [0.25, 0.3) is 22.3 Å². The molecule has 9 nitrogen and oxygen atoms in total. The third-order valence-corrected chi connectivity index (χ3v) is 5.78. The first-order chi connectivity index (χ1) is 18.3. The fourth-order valence-electron chi connectivity index (χ4n) is 4.07. The molecule has 6 N–H and O–H groups in total. The summed E-state index contributed by atoms with van der Waals surface area (Å²) in [5.41, 5.74) is 17.8. The number of nitrogens with zero attached hydrogens (tertiary/aromatic N) is 2. The van der Waals surface area contributed by atoms with Crippen LogP contribution < -0.4 is 21.5 Å². The second-order valence-electron chi connectivity index (χ2n) is 8.47. The Bertz CT molecular complexity index is 1520. The molecule has 0 fully saturated rings. The van der Waals surface area contributed by atoms with Gasteiger partial charge in [-0.15, -0.1) is 0 Å². The minimum Gasteiger partial charge on any atom is -0.439 e. The van der Waals surface area contributed by atoms with E-state index in [9.17, 15) is 4.79 Å². The first-order valence-corrected chi connectivity index (χ1v) is 11.7. The van der Waals surface area contributed by atoms with E-state index in [4.69, 9.17) is 26.4 Å². The smallest absolute Gasteiger partial charge is 0.248 e. The Balaban J connectivity index is 1.75. The third-order valence-electron chi connectivity index (χ3n) is 5.78. The number of ether oxygens (including phenoxy) is 2. The number of methoxy groups -OCH3 is 1. The zero-order valence-corrected chi connectivity index (χ0v) is 21.1. The average Bonchev–Trinajstić information content (AvgIpc) is 2.89. The van der Waals surface area contributed by atoms with Crippen LogP contribution in [-0.2, 0) is 16.1 Å². The minimum atomic E-state index is -0.348. The Labute approximate surface area is 220 Å². The van der Waals surface area contributed by atoms with E-state index in [1.807, 2.05) is 49.4 Å². The highest BCUT2D eigenvalue weighted by atomic mass is 16.5. The first kappa shape index (κ1) is 26.1. The predicted octanol–water partition coefficient (Wildman–Crippen LogP) is 5.05. The zero-order chi connectivity index (χ0) is 27.2. The first-order valence-electron chi connectivity index (χ1n) is 11.7. The highest BCUT2D eigenvalue weighted by molar-refractivity contribution is 6.09. The number of benzene rings is 2. The lowest BCUT2D eigenvalue weighted by Crippen LogP contribution is -2.16. The molecular weight excluding hydrogens is 480 g/mol. The second kappa shape index (κ2) is 11.4. The molecule has 4 rings (SSSR count). The zero-order valence-electron chi connectivity index (χ0n) is 21.1. The Morgan fingerprint density at radius 2 is 1.89 bits per heavy atom. The predicted molar refractivity (Wildman–Crippen MR) is 149 cm³/mol. The third kappa shape index (κ3) is 5.69. The van der Waals surface area contributed by atoms with Crippen molar-refractivity contribution in [3.8, 4) is 33.9 Å². The molecule has 38 heavy (non-hydrogen) atoms. The lowest BCUT2D eigenvalue weighted by atomic mass is 9.88. The van der Waals surface area contributed by atoms with E-state index < -0.39 is 0 Å². The van der Waals surface area contributed by atoms with Gasteiger partial charge < -0.3 is 26.3 Å². The maximum atomic E-state index is 11.7. The number of anilines is 2. The molecule has 2 aromatic heterocycles. The molecule has 0 aliphatic heterocycles. The van der Waals surface area contributed by atoms with E-state index in [2.05, 4.69) is 21.9 Å². The Morgan fingerprint density at radius 1 is 1.13 bits per heavy atom. The Hall–Kier alpha value is -5.02. The number of carbonyl (C=O) groups is 1. The summed E-state index contributed by atoms with van der Waals surface area (Å²) >= 11 is 0. The van der Waals surface area contributed by atoms with Crippen molar-refractivity contribution in [2.75, 3.05) is 18.2 Å². The molecule has 0 unspecified atom stereocenters. The van der Waals surface area contributed by atoms with Gasteiger partial charge in [-0.25, -0.2) is 9.97 Å². The average molecular weight is 509 g/mol. The van der Waals surface area contributed by atoms with Gasteiger partial charge in [0.1, 0.15) is 17.4 Å². The number of nitrogen functional groups attached to an aromatic ring is 2. The van der Waals surface area contributed by atoms with Crippen LogP contribution in [0.2, 0.25) is 0 Å². The molecule has 0 saturated carbocycles. The SMILES string of the molecule is C=CC(=O)Nc1cc(C)c(-c2ccc(N)c(C(=N)N)c2-c2ccc(Oc3cccc(COC)n3)cc2)cn1. The Morgan fingerprint density at radius 3 is 2.55 bits per heavy atom. The molecule has 1 amide bonds. The monoisotopic (exact) mass is 508 g/mol. The number of hydrogen-bond acceptors (Lipinski definition) is 7. The van der Waals surface area contributed by atoms with Crippen LogP contribution in [-0.4, -0.2) is 28.8 Å². The number of rotatable bonds is 9. The lowest BCUT2D eigenvalue weighted by Gasteiger charge is -2.19. The molecular formula is C29H28N6O3. The summed E-state index contributed by atoms with van der Waals surface area (Å²) in [6.45, 7) is 5.76. The normalized spacial score (nSPS) is 10.6. The summed E-state index contributed by atoms with van der Waals surface area (Å²) in [6, 6.07) is 18.2. The topological polar surface area (TPSA) is 149 Å².